The Balaban J connectivity index is 2.39. The highest BCUT2D eigenvalue weighted by molar-refractivity contribution is 7.80. The molecule has 7 atom stereocenters. The van der Waals surface area contributed by atoms with E-state index in [0.29, 0.717) is 12.8 Å². The average Bonchev–Trinajstić information content (AvgIpc) is 3.28. The van der Waals surface area contributed by atoms with Crippen molar-refractivity contribution in [3.05, 3.63) is 24.3 Å². The van der Waals surface area contributed by atoms with Crippen LogP contribution in [0.1, 0.15) is 245 Å². The van der Waals surface area contributed by atoms with Crippen molar-refractivity contribution < 1.29 is 51.8 Å². The minimum atomic E-state index is -5.08. The molecule has 0 aromatic heterocycles. The van der Waals surface area contributed by atoms with Crippen LogP contribution < -0.4 is 5.32 Å². The molecule has 0 aromatic rings. The number of hydrogen-bond donors (Lipinski definition) is 6. The van der Waals surface area contributed by atoms with E-state index in [4.69, 9.17) is 9.47 Å². The number of aliphatic hydroxyl groups excluding tert-OH is 4. The fraction of sp³-hybridized carbons (Fsp3) is 0.904. The SMILES string of the molecule is CC/C=C\C/C=C\CCCCCCCCCCCCCCCCC(=O)NC(COC1OC(CO)C(O)C(OS(=O)(=O)O)C1O)C(O)CCCCCCCCCCCCCCCCCCC. The normalized spacial score (nSPS) is 20.3. The maximum absolute atomic E-state index is 13.1. The molecule has 7 unspecified atom stereocenters. The molecule has 1 heterocycles. The lowest BCUT2D eigenvalue weighted by Crippen LogP contribution is -2.61. The molecule has 0 aliphatic carbocycles. The van der Waals surface area contributed by atoms with Crippen molar-refractivity contribution in [2.75, 3.05) is 13.2 Å². The van der Waals surface area contributed by atoms with E-state index >= 15 is 0 Å². The van der Waals surface area contributed by atoms with Crippen LogP contribution in [0.2, 0.25) is 0 Å². The minimum Gasteiger partial charge on any atom is -0.394 e. The number of nitrogens with one attached hydrogen (secondary N) is 1. The summed E-state index contributed by atoms with van der Waals surface area (Å²) >= 11 is 0. The Labute approximate surface area is 397 Å². The molecule has 6 N–H and O–H groups in total. The number of carbonyl (C=O) groups is 1. The summed E-state index contributed by atoms with van der Waals surface area (Å²) in [4.78, 5) is 13.1. The third kappa shape index (κ3) is 35.4. The summed E-state index contributed by atoms with van der Waals surface area (Å²) in [6, 6.07) is -0.856. The van der Waals surface area contributed by atoms with Crippen LogP contribution in [-0.4, -0.2) is 95.4 Å². The van der Waals surface area contributed by atoms with Crippen molar-refractivity contribution in [1.29, 1.82) is 0 Å². The first-order chi connectivity index (χ1) is 31.5. The van der Waals surface area contributed by atoms with Gasteiger partial charge in [0, 0.05) is 6.42 Å². The molecule has 384 valence electrons. The first kappa shape index (κ1) is 61.6. The van der Waals surface area contributed by atoms with E-state index in [0.717, 1.165) is 64.2 Å². The van der Waals surface area contributed by atoms with Crippen LogP contribution in [0.4, 0.5) is 0 Å². The first-order valence-corrected chi connectivity index (χ1v) is 28.1. The Morgan fingerprint density at radius 1 is 0.631 bits per heavy atom. The van der Waals surface area contributed by atoms with E-state index in [-0.39, 0.29) is 12.5 Å². The molecular formula is C52H99NO11S. The van der Waals surface area contributed by atoms with E-state index < -0.39 is 59.9 Å². The van der Waals surface area contributed by atoms with Gasteiger partial charge < -0.3 is 35.2 Å². The quantitative estimate of drug-likeness (QED) is 0.0193. The molecule has 1 aliphatic rings. The molecule has 1 saturated heterocycles. The van der Waals surface area contributed by atoms with Crippen molar-refractivity contribution in [3.63, 3.8) is 0 Å². The van der Waals surface area contributed by atoms with Crippen molar-refractivity contribution in [2.45, 2.75) is 288 Å². The number of unbranched alkanes of at least 4 members (excludes halogenated alkanes) is 30. The molecule has 0 spiro atoms. The molecule has 1 fully saturated rings. The maximum Gasteiger partial charge on any atom is 0.397 e. The molecule has 12 nitrogen and oxygen atoms in total. The van der Waals surface area contributed by atoms with Gasteiger partial charge in [-0.3, -0.25) is 9.35 Å². The van der Waals surface area contributed by atoms with E-state index in [1.165, 1.54) is 154 Å². The number of ether oxygens (including phenoxy) is 2. The van der Waals surface area contributed by atoms with Crippen molar-refractivity contribution >= 4 is 16.3 Å². The summed E-state index contributed by atoms with van der Waals surface area (Å²) in [6.07, 6.45) is 41.7. The third-order valence-corrected chi connectivity index (χ3v) is 13.2. The summed E-state index contributed by atoms with van der Waals surface area (Å²) in [5.41, 5.74) is 0. The zero-order chi connectivity index (χ0) is 47.6. The van der Waals surface area contributed by atoms with Gasteiger partial charge in [0.15, 0.2) is 6.29 Å². The topological polar surface area (TPSA) is 192 Å². The van der Waals surface area contributed by atoms with Gasteiger partial charge in [-0.15, -0.1) is 0 Å². The lowest BCUT2D eigenvalue weighted by atomic mass is 9.99. The van der Waals surface area contributed by atoms with Gasteiger partial charge in [0.05, 0.1) is 25.4 Å². The molecule has 1 aliphatic heterocycles. The predicted molar refractivity (Wildman–Crippen MR) is 264 cm³/mol. The molecule has 0 bridgehead atoms. The number of allylic oxidation sites excluding steroid dienone is 4. The van der Waals surface area contributed by atoms with E-state index in [9.17, 15) is 38.2 Å². The minimum absolute atomic E-state index is 0.228. The second-order valence-corrected chi connectivity index (χ2v) is 19.8. The summed E-state index contributed by atoms with van der Waals surface area (Å²) < 4.78 is 47.8. The molecule has 65 heavy (non-hydrogen) atoms. The van der Waals surface area contributed by atoms with Gasteiger partial charge >= 0.3 is 10.4 Å². The van der Waals surface area contributed by atoms with Gasteiger partial charge in [0.2, 0.25) is 5.91 Å². The Hall–Kier alpha value is -1.42. The van der Waals surface area contributed by atoms with E-state index in [1.54, 1.807) is 0 Å². The van der Waals surface area contributed by atoms with Crippen molar-refractivity contribution in [2.24, 2.45) is 0 Å². The average molecular weight is 946 g/mol. The van der Waals surface area contributed by atoms with Crippen molar-refractivity contribution in [1.82, 2.24) is 5.32 Å². The summed E-state index contributed by atoms with van der Waals surface area (Å²) in [7, 11) is -5.08. The van der Waals surface area contributed by atoms with Crippen LogP contribution in [-0.2, 0) is 28.9 Å². The molecule has 1 amide bonds. The second-order valence-electron chi connectivity index (χ2n) is 18.8. The summed E-state index contributed by atoms with van der Waals surface area (Å²) in [6.45, 7) is 3.37. The summed E-state index contributed by atoms with van der Waals surface area (Å²) in [5, 5.41) is 45.0. The molecule has 13 heteroatoms. The fourth-order valence-electron chi connectivity index (χ4n) is 8.68. The zero-order valence-corrected chi connectivity index (χ0v) is 42.1. The predicted octanol–water partition coefficient (Wildman–Crippen LogP) is 11.7. The lowest BCUT2D eigenvalue weighted by Gasteiger charge is -2.41. The number of aliphatic hydroxyl groups is 4. The standard InChI is InChI=1S/C52H99NO11S/c1-3-5-7-9-11-13-15-17-19-21-22-23-24-26-28-30-32-34-36-38-40-42-48(56)53-45(44-62-52-50(58)51(64-65(59,60)61)49(57)47(43-54)63-52)46(55)41-39-37-35-33-31-29-27-25-20-18-16-14-12-10-8-6-4-2/h5,7,11,13,45-47,49-52,54-55,57-58H,3-4,6,8-10,12,14-44H2,1-2H3,(H,53,56)(H,59,60,61)/b7-5-,13-11-. The molecule has 0 saturated carbocycles. The van der Waals surface area contributed by atoms with Crippen LogP contribution in [0.3, 0.4) is 0 Å². The van der Waals surface area contributed by atoms with Crippen LogP contribution in [0.25, 0.3) is 0 Å². The number of rotatable bonds is 46. The molecule has 0 aromatic carbocycles. The Kier molecular flexibility index (Phi) is 40.4. The van der Waals surface area contributed by atoms with Gasteiger partial charge in [-0.1, -0.05) is 224 Å². The Morgan fingerprint density at radius 3 is 1.54 bits per heavy atom. The highest BCUT2D eigenvalue weighted by atomic mass is 32.3. The van der Waals surface area contributed by atoms with Crippen molar-refractivity contribution in [3.8, 4) is 0 Å². The first-order valence-electron chi connectivity index (χ1n) is 26.7. The summed E-state index contributed by atoms with van der Waals surface area (Å²) in [5.74, 6) is -0.228. The fourth-order valence-corrected chi connectivity index (χ4v) is 9.18. The smallest absolute Gasteiger partial charge is 0.394 e. The highest BCUT2D eigenvalue weighted by Crippen LogP contribution is 2.26. The van der Waals surface area contributed by atoms with Gasteiger partial charge in [-0.2, -0.15) is 8.42 Å². The van der Waals surface area contributed by atoms with Gasteiger partial charge in [-0.25, -0.2) is 4.18 Å². The van der Waals surface area contributed by atoms with Crippen LogP contribution >= 0.6 is 0 Å². The van der Waals surface area contributed by atoms with Crippen LogP contribution in [0, 0.1) is 0 Å². The Morgan fingerprint density at radius 2 is 1.08 bits per heavy atom. The number of hydrogen-bond acceptors (Lipinski definition) is 10. The third-order valence-electron chi connectivity index (χ3n) is 12.8. The van der Waals surface area contributed by atoms with Crippen LogP contribution in [0.5, 0.6) is 0 Å². The van der Waals surface area contributed by atoms with Gasteiger partial charge in [-0.05, 0) is 38.5 Å². The largest absolute Gasteiger partial charge is 0.397 e. The number of amides is 1. The van der Waals surface area contributed by atoms with E-state index in [2.05, 4.69) is 47.7 Å². The van der Waals surface area contributed by atoms with Crippen LogP contribution in [0.15, 0.2) is 24.3 Å². The van der Waals surface area contributed by atoms with E-state index in [1.807, 2.05) is 0 Å². The van der Waals surface area contributed by atoms with Gasteiger partial charge in [0.1, 0.15) is 24.4 Å². The zero-order valence-electron chi connectivity index (χ0n) is 41.3. The maximum atomic E-state index is 13.1. The molecule has 0 radical (unpaired) electrons. The van der Waals surface area contributed by atoms with Gasteiger partial charge in [0.25, 0.3) is 0 Å². The monoisotopic (exact) mass is 946 g/mol. The Bertz CT molecular complexity index is 1250. The molecular weight excluding hydrogens is 847 g/mol. The molecule has 1 rings (SSSR count). The highest BCUT2D eigenvalue weighted by Gasteiger charge is 2.48. The second kappa shape index (κ2) is 42.7. The number of carbonyl (C=O) groups excluding carboxylic acids is 1. The lowest BCUT2D eigenvalue weighted by molar-refractivity contribution is -0.298.